The number of ether oxygens (including phenoxy) is 4. The molecule has 0 N–H and O–H groups in total. The lowest BCUT2D eigenvalue weighted by atomic mass is 9.79. The fourth-order valence-corrected chi connectivity index (χ4v) is 6.01. The third-order valence-electron chi connectivity index (χ3n) is 8.12. The highest BCUT2D eigenvalue weighted by Gasteiger charge is 2.37. The standard InChI is InChI=1S/C33H34F3NO4/c1-3-4-5-6-15-39-32-27-19-37-14-13-22-17-29-30(41-20-40-29)18-25(22)31(37)26(24(27)11-12-28(32)38-2)16-21-7-9-23(10-8-21)33(34,35)36/h7-12,17-19,32H,3-6,13-16,20H2,1-2H3. The van der Waals surface area contributed by atoms with Gasteiger partial charge < -0.3 is 23.8 Å². The predicted octanol–water partition coefficient (Wildman–Crippen LogP) is 7.58. The molecule has 1 unspecified atom stereocenters. The molecule has 0 saturated carbocycles. The molecule has 5 nitrogen and oxygen atoms in total. The first-order valence-electron chi connectivity index (χ1n) is 14.3. The molecule has 0 amide bonds. The van der Waals surface area contributed by atoms with E-state index >= 15 is 0 Å². The van der Waals surface area contributed by atoms with Gasteiger partial charge in [-0.15, -0.1) is 0 Å². The Morgan fingerprint density at radius 3 is 2.51 bits per heavy atom. The summed E-state index contributed by atoms with van der Waals surface area (Å²) < 4.78 is 63.4. The van der Waals surface area contributed by atoms with Crippen molar-refractivity contribution in [1.82, 2.24) is 4.90 Å². The third-order valence-corrected chi connectivity index (χ3v) is 8.12. The summed E-state index contributed by atoms with van der Waals surface area (Å²) in [6.45, 7) is 3.75. The van der Waals surface area contributed by atoms with Crippen LogP contribution in [0.25, 0.3) is 5.70 Å². The van der Waals surface area contributed by atoms with Gasteiger partial charge in [0.15, 0.2) is 11.5 Å². The van der Waals surface area contributed by atoms with Crippen LogP contribution in [0.3, 0.4) is 0 Å². The maximum Gasteiger partial charge on any atom is 0.416 e. The second kappa shape index (κ2) is 11.3. The van der Waals surface area contributed by atoms with Crippen LogP contribution in [-0.4, -0.2) is 38.1 Å². The third kappa shape index (κ3) is 5.37. The summed E-state index contributed by atoms with van der Waals surface area (Å²) in [5.74, 6) is 2.19. The lowest BCUT2D eigenvalue weighted by Gasteiger charge is -2.40. The number of allylic oxidation sites excluding steroid dienone is 3. The van der Waals surface area contributed by atoms with Crippen LogP contribution in [0.15, 0.2) is 77.2 Å². The van der Waals surface area contributed by atoms with E-state index in [1.54, 1.807) is 19.2 Å². The van der Waals surface area contributed by atoms with Crippen molar-refractivity contribution in [3.8, 4) is 11.5 Å². The van der Waals surface area contributed by atoms with Gasteiger partial charge in [0, 0.05) is 36.9 Å². The van der Waals surface area contributed by atoms with Gasteiger partial charge in [-0.1, -0.05) is 44.4 Å². The molecule has 6 rings (SSSR count). The van der Waals surface area contributed by atoms with Crippen molar-refractivity contribution >= 4 is 5.70 Å². The minimum atomic E-state index is -4.38. The highest BCUT2D eigenvalue weighted by Crippen LogP contribution is 2.47. The Labute approximate surface area is 238 Å². The summed E-state index contributed by atoms with van der Waals surface area (Å²) in [5.41, 5.74) is 6.46. The van der Waals surface area contributed by atoms with Crippen LogP contribution >= 0.6 is 0 Å². The van der Waals surface area contributed by atoms with Gasteiger partial charge in [0.2, 0.25) is 6.79 Å². The Hall–Kier alpha value is -3.65. The van der Waals surface area contributed by atoms with E-state index in [0.29, 0.717) is 18.8 Å². The van der Waals surface area contributed by atoms with Crippen molar-refractivity contribution in [2.45, 2.75) is 57.7 Å². The van der Waals surface area contributed by atoms with Crippen molar-refractivity contribution < 1.29 is 32.1 Å². The van der Waals surface area contributed by atoms with Crippen molar-refractivity contribution in [3.63, 3.8) is 0 Å². The average Bonchev–Trinajstić information content (AvgIpc) is 3.43. The quantitative estimate of drug-likeness (QED) is 0.293. The van der Waals surface area contributed by atoms with Crippen LogP contribution in [-0.2, 0) is 28.5 Å². The first-order valence-corrected chi connectivity index (χ1v) is 14.3. The zero-order valence-corrected chi connectivity index (χ0v) is 23.4. The van der Waals surface area contributed by atoms with Gasteiger partial charge in [-0.25, -0.2) is 0 Å². The number of unbranched alkanes of at least 4 members (excludes halogenated alkanes) is 3. The number of nitrogens with zero attached hydrogens (tertiary/aromatic N) is 1. The summed E-state index contributed by atoms with van der Waals surface area (Å²) in [4.78, 5) is 2.25. The van der Waals surface area contributed by atoms with Gasteiger partial charge in [0.25, 0.3) is 0 Å². The zero-order chi connectivity index (χ0) is 28.6. The molecule has 0 spiro atoms. The molecule has 3 aliphatic heterocycles. The molecule has 0 saturated heterocycles. The minimum Gasteiger partial charge on any atom is -0.498 e. The number of rotatable bonds is 9. The Bertz CT molecular complexity index is 1440. The largest absolute Gasteiger partial charge is 0.498 e. The Balaban J connectivity index is 1.42. The number of benzene rings is 2. The van der Waals surface area contributed by atoms with Gasteiger partial charge in [0.1, 0.15) is 11.9 Å². The number of halogens is 3. The van der Waals surface area contributed by atoms with Gasteiger partial charge in [0.05, 0.1) is 18.4 Å². The normalized spacial score (nSPS) is 19.2. The smallest absolute Gasteiger partial charge is 0.416 e. The molecule has 41 heavy (non-hydrogen) atoms. The summed E-state index contributed by atoms with van der Waals surface area (Å²) >= 11 is 0. The van der Waals surface area contributed by atoms with Crippen LogP contribution in [0.4, 0.5) is 13.2 Å². The molecular weight excluding hydrogens is 531 g/mol. The molecule has 4 aliphatic rings. The van der Waals surface area contributed by atoms with Crippen molar-refractivity contribution in [1.29, 1.82) is 0 Å². The van der Waals surface area contributed by atoms with Gasteiger partial charge >= 0.3 is 6.18 Å². The van der Waals surface area contributed by atoms with E-state index in [2.05, 4.69) is 24.1 Å². The van der Waals surface area contributed by atoms with Crippen molar-refractivity contribution in [2.24, 2.45) is 0 Å². The molecule has 2 aromatic rings. The average molecular weight is 566 g/mol. The van der Waals surface area contributed by atoms with E-state index in [-0.39, 0.29) is 12.9 Å². The topological polar surface area (TPSA) is 40.2 Å². The number of methoxy groups -OCH3 is 1. The van der Waals surface area contributed by atoms with Crippen LogP contribution < -0.4 is 9.47 Å². The first kappa shape index (κ1) is 27.5. The Morgan fingerprint density at radius 1 is 1.00 bits per heavy atom. The summed E-state index contributed by atoms with van der Waals surface area (Å²) in [6, 6.07) is 9.55. The molecule has 216 valence electrons. The second-order valence-corrected chi connectivity index (χ2v) is 10.8. The van der Waals surface area contributed by atoms with Gasteiger partial charge in [-0.2, -0.15) is 13.2 Å². The number of hydrogen-bond donors (Lipinski definition) is 0. The Morgan fingerprint density at radius 2 is 1.78 bits per heavy atom. The minimum absolute atomic E-state index is 0.191. The summed E-state index contributed by atoms with van der Waals surface area (Å²) in [7, 11) is 1.66. The van der Waals surface area contributed by atoms with E-state index in [0.717, 1.165) is 95.0 Å². The molecule has 1 aliphatic carbocycles. The SMILES string of the molecule is CCCCCCOC1C(OC)=CC=C2C1=CN1CCc3cc4c(cc3C1=C2Cc1ccc(C(F)(F)F)cc1)OCO4. The molecule has 3 heterocycles. The molecule has 8 heteroatoms. The van der Waals surface area contributed by atoms with Crippen LogP contribution in [0.1, 0.15) is 54.9 Å². The van der Waals surface area contributed by atoms with Gasteiger partial charge in [-0.05, 0) is 65.5 Å². The zero-order valence-electron chi connectivity index (χ0n) is 23.4. The first-order chi connectivity index (χ1) is 19.9. The molecule has 0 radical (unpaired) electrons. The van der Waals surface area contributed by atoms with Crippen molar-refractivity contribution in [2.75, 3.05) is 27.1 Å². The highest BCUT2D eigenvalue weighted by atomic mass is 19.4. The molecule has 0 fully saturated rings. The fraction of sp³-hybridized carbons (Fsp3) is 0.394. The van der Waals surface area contributed by atoms with Crippen LogP contribution in [0.2, 0.25) is 0 Å². The molecule has 2 aromatic carbocycles. The summed E-state index contributed by atoms with van der Waals surface area (Å²) in [6.07, 6.45) is 7.11. The van der Waals surface area contributed by atoms with E-state index in [1.165, 1.54) is 6.42 Å². The van der Waals surface area contributed by atoms with Crippen LogP contribution in [0, 0.1) is 0 Å². The van der Waals surface area contributed by atoms with E-state index in [1.807, 2.05) is 18.2 Å². The number of alkyl halides is 3. The van der Waals surface area contributed by atoms with E-state index < -0.39 is 11.7 Å². The lowest BCUT2D eigenvalue weighted by Crippen LogP contribution is -2.34. The fourth-order valence-electron chi connectivity index (χ4n) is 6.01. The monoisotopic (exact) mass is 565 g/mol. The van der Waals surface area contributed by atoms with E-state index in [4.69, 9.17) is 18.9 Å². The maximum atomic E-state index is 13.3. The number of fused-ring (bicyclic) bond motifs is 5. The van der Waals surface area contributed by atoms with E-state index in [9.17, 15) is 13.2 Å². The lowest BCUT2D eigenvalue weighted by molar-refractivity contribution is -0.137. The highest BCUT2D eigenvalue weighted by molar-refractivity contribution is 5.82. The summed E-state index contributed by atoms with van der Waals surface area (Å²) in [5, 5.41) is 0. The van der Waals surface area contributed by atoms with Crippen LogP contribution in [0.5, 0.6) is 11.5 Å². The second-order valence-electron chi connectivity index (χ2n) is 10.8. The molecule has 0 aromatic heterocycles. The molecular formula is C33H34F3NO4. The van der Waals surface area contributed by atoms with Gasteiger partial charge in [-0.3, -0.25) is 0 Å². The molecule has 1 atom stereocenters. The number of hydrogen-bond acceptors (Lipinski definition) is 5. The van der Waals surface area contributed by atoms with Crippen molar-refractivity contribution in [3.05, 3.63) is 99.5 Å². The predicted molar refractivity (Wildman–Crippen MR) is 150 cm³/mol. The molecule has 0 bridgehead atoms. The maximum absolute atomic E-state index is 13.3. The Kier molecular flexibility index (Phi) is 7.60.